The molecule has 0 aliphatic carbocycles. The van der Waals surface area contributed by atoms with Gasteiger partial charge in [-0.25, -0.2) is 4.79 Å². The summed E-state index contributed by atoms with van der Waals surface area (Å²) < 4.78 is 2.43. The summed E-state index contributed by atoms with van der Waals surface area (Å²) in [5.74, 6) is 0.806. The van der Waals surface area contributed by atoms with Gasteiger partial charge in [-0.15, -0.1) is 0 Å². The lowest BCUT2D eigenvalue weighted by Gasteiger charge is -2.31. The van der Waals surface area contributed by atoms with E-state index in [9.17, 15) is 14.7 Å². The molecular formula is C13H19N5O3. The van der Waals surface area contributed by atoms with Gasteiger partial charge in [0.25, 0.3) is 5.56 Å². The third kappa shape index (κ3) is 2.15. The third-order valence-electron chi connectivity index (χ3n) is 4.16. The maximum atomic E-state index is 12.1. The number of fused-ring (bicyclic) bond motifs is 1. The molecule has 0 saturated carbocycles. The van der Waals surface area contributed by atoms with Crippen LogP contribution in [0.5, 0.6) is 0 Å². The van der Waals surface area contributed by atoms with Gasteiger partial charge in [0.15, 0.2) is 11.2 Å². The molecule has 1 fully saturated rings. The van der Waals surface area contributed by atoms with Gasteiger partial charge >= 0.3 is 5.69 Å². The summed E-state index contributed by atoms with van der Waals surface area (Å²) >= 11 is 0. The maximum Gasteiger partial charge on any atom is 0.332 e. The van der Waals surface area contributed by atoms with E-state index in [1.807, 2.05) is 4.90 Å². The zero-order valence-corrected chi connectivity index (χ0v) is 12.2. The normalized spacial score (nSPS) is 19.4. The summed E-state index contributed by atoms with van der Waals surface area (Å²) in [6.45, 7) is 1.67. The molecule has 0 radical (unpaired) electrons. The number of aliphatic hydroxyl groups excluding tert-OH is 1. The Bertz CT molecular complexity index is 787. The van der Waals surface area contributed by atoms with E-state index in [4.69, 9.17) is 0 Å². The number of piperidine rings is 1. The summed E-state index contributed by atoms with van der Waals surface area (Å²) in [7, 11) is 3.05. The van der Waals surface area contributed by atoms with E-state index in [-0.39, 0.29) is 18.1 Å². The van der Waals surface area contributed by atoms with Crippen molar-refractivity contribution in [3.8, 4) is 0 Å². The topological polar surface area (TPSA) is 96.2 Å². The van der Waals surface area contributed by atoms with Crippen LogP contribution in [0.3, 0.4) is 0 Å². The van der Waals surface area contributed by atoms with Crippen molar-refractivity contribution in [1.29, 1.82) is 0 Å². The molecule has 8 nitrogen and oxygen atoms in total. The van der Waals surface area contributed by atoms with E-state index in [2.05, 4.69) is 9.97 Å². The molecule has 0 unspecified atom stereocenters. The average Bonchev–Trinajstić information content (AvgIpc) is 2.96. The lowest BCUT2D eigenvalue weighted by atomic mass is 9.99. The highest BCUT2D eigenvalue weighted by Gasteiger charge is 2.23. The molecule has 1 aliphatic rings. The molecule has 0 spiro atoms. The van der Waals surface area contributed by atoms with Gasteiger partial charge in [-0.1, -0.05) is 0 Å². The first-order valence-electron chi connectivity index (χ1n) is 7.04. The zero-order valence-electron chi connectivity index (χ0n) is 12.2. The SMILES string of the molecule is Cn1c(=O)c2[nH]c(N3CCC[C@H](CO)C3)nc2n(C)c1=O. The van der Waals surface area contributed by atoms with E-state index >= 15 is 0 Å². The molecule has 2 aromatic rings. The van der Waals surface area contributed by atoms with Gasteiger partial charge in [-0.2, -0.15) is 4.98 Å². The van der Waals surface area contributed by atoms with Crippen molar-refractivity contribution < 1.29 is 5.11 Å². The van der Waals surface area contributed by atoms with Gasteiger partial charge in [0.05, 0.1) is 0 Å². The van der Waals surface area contributed by atoms with Gasteiger partial charge in [-0.05, 0) is 18.8 Å². The Morgan fingerprint density at radius 3 is 2.81 bits per heavy atom. The summed E-state index contributed by atoms with van der Waals surface area (Å²) in [5.41, 5.74) is -0.0649. The lowest BCUT2D eigenvalue weighted by molar-refractivity contribution is 0.208. The number of anilines is 1. The number of aryl methyl sites for hydroxylation is 1. The number of hydrogen-bond donors (Lipinski definition) is 2. The van der Waals surface area contributed by atoms with E-state index in [1.165, 1.54) is 11.6 Å². The van der Waals surface area contributed by atoms with Crippen LogP contribution in [0, 0.1) is 5.92 Å². The molecule has 1 atom stereocenters. The number of imidazole rings is 1. The van der Waals surface area contributed by atoms with E-state index in [0.717, 1.165) is 24.0 Å². The van der Waals surface area contributed by atoms with Crippen molar-refractivity contribution in [2.24, 2.45) is 20.0 Å². The number of hydrogen-bond acceptors (Lipinski definition) is 5. The zero-order chi connectivity index (χ0) is 15.1. The first-order chi connectivity index (χ1) is 10.0. The molecule has 0 aromatic carbocycles. The molecule has 3 heterocycles. The summed E-state index contributed by atoms with van der Waals surface area (Å²) in [4.78, 5) is 33.5. The van der Waals surface area contributed by atoms with Crippen molar-refractivity contribution in [1.82, 2.24) is 19.1 Å². The Morgan fingerprint density at radius 1 is 1.33 bits per heavy atom. The van der Waals surface area contributed by atoms with Gasteiger partial charge in [-0.3, -0.25) is 13.9 Å². The summed E-state index contributed by atoms with van der Waals surface area (Å²) in [6.07, 6.45) is 1.96. The highest BCUT2D eigenvalue weighted by atomic mass is 16.3. The number of aliphatic hydroxyl groups is 1. The highest BCUT2D eigenvalue weighted by molar-refractivity contribution is 5.73. The molecule has 3 rings (SSSR count). The molecule has 114 valence electrons. The van der Waals surface area contributed by atoms with Gasteiger partial charge in [0.2, 0.25) is 5.95 Å². The second kappa shape index (κ2) is 5.03. The minimum absolute atomic E-state index is 0.150. The van der Waals surface area contributed by atoms with Crippen LogP contribution in [0.25, 0.3) is 11.2 Å². The Balaban J connectivity index is 2.10. The smallest absolute Gasteiger partial charge is 0.332 e. The van der Waals surface area contributed by atoms with Crippen LogP contribution in [0.2, 0.25) is 0 Å². The fraction of sp³-hybridized carbons (Fsp3) is 0.615. The maximum absolute atomic E-state index is 12.1. The summed E-state index contributed by atoms with van der Waals surface area (Å²) in [5, 5.41) is 9.30. The number of rotatable bonds is 2. The minimum atomic E-state index is -0.391. The quantitative estimate of drug-likeness (QED) is 0.753. The Kier molecular flexibility index (Phi) is 3.32. The van der Waals surface area contributed by atoms with Crippen LogP contribution >= 0.6 is 0 Å². The number of aromatic amines is 1. The lowest BCUT2D eigenvalue weighted by Crippen LogP contribution is -2.37. The fourth-order valence-corrected chi connectivity index (χ4v) is 2.87. The van der Waals surface area contributed by atoms with Crippen LogP contribution in [-0.2, 0) is 14.1 Å². The number of nitrogens with zero attached hydrogens (tertiary/aromatic N) is 4. The van der Waals surface area contributed by atoms with Crippen molar-refractivity contribution >= 4 is 17.1 Å². The molecule has 21 heavy (non-hydrogen) atoms. The second-order valence-electron chi connectivity index (χ2n) is 5.60. The van der Waals surface area contributed by atoms with Crippen LogP contribution in [0.4, 0.5) is 5.95 Å². The van der Waals surface area contributed by atoms with Crippen molar-refractivity contribution in [3.05, 3.63) is 20.8 Å². The standard InChI is InChI=1S/C13H19N5O3/c1-16-10-9(11(20)17(2)13(16)21)14-12(15-10)18-5-3-4-8(6-18)7-19/h8,19H,3-7H2,1-2H3,(H,14,15)/t8-/m0/s1. The minimum Gasteiger partial charge on any atom is -0.396 e. The van der Waals surface area contributed by atoms with Crippen LogP contribution in [-0.4, -0.2) is 43.9 Å². The molecule has 1 saturated heterocycles. The number of aromatic nitrogens is 4. The fourth-order valence-electron chi connectivity index (χ4n) is 2.87. The Labute approximate surface area is 120 Å². The molecule has 2 aromatic heterocycles. The predicted octanol–water partition coefficient (Wildman–Crippen LogP) is -0.831. The Morgan fingerprint density at radius 2 is 2.10 bits per heavy atom. The third-order valence-corrected chi connectivity index (χ3v) is 4.16. The molecule has 0 amide bonds. The molecule has 8 heteroatoms. The van der Waals surface area contributed by atoms with Crippen LogP contribution < -0.4 is 16.1 Å². The monoisotopic (exact) mass is 293 g/mol. The first-order valence-corrected chi connectivity index (χ1v) is 7.04. The van der Waals surface area contributed by atoms with Crippen molar-refractivity contribution in [2.75, 3.05) is 24.6 Å². The number of nitrogens with one attached hydrogen (secondary N) is 1. The Hall–Kier alpha value is -2.09. The summed E-state index contributed by atoms with van der Waals surface area (Å²) in [6, 6.07) is 0. The van der Waals surface area contributed by atoms with Crippen LogP contribution in [0.15, 0.2) is 9.59 Å². The average molecular weight is 293 g/mol. The molecule has 0 bridgehead atoms. The predicted molar refractivity (Wildman–Crippen MR) is 78.6 cm³/mol. The molecule has 2 N–H and O–H groups in total. The first kappa shape index (κ1) is 13.9. The van der Waals surface area contributed by atoms with E-state index in [1.54, 1.807) is 7.05 Å². The van der Waals surface area contributed by atoms with E-state index in [0.29, 0.717) is 23.7 Å². The van der Waals surface area contributed by atoms with Gasteiger partial charge in [0.1, 0.15) is 0 Å². The van der Waals surface area contributed by atoms with Gasteiger partial charge in [0, 0.05) is 33.8 Å². The molecular weight excluding hydrogens is 274 g/mol. The second-order valence-corrected chi connectivity index (χ2v) is 5.60. The van der Waals surface area contributed by atoms with Crippen molar-refractivity contribution in [2.45, 2.75) is 12.8 Å². The highest BCUT2D eigenvalue weighted by Crippen LogP contribution is 2.21. The van der Waals surface area contributed by atoms with E-state index < -0.39 is 5.69 Å². The van der Waals surface area contributed by atoms with Crippen LogP contribution in [0.1, 0.15) is 12.8 Å². The largest absolute Gasteiger partial charge is 0.396 e. The van der Waals surface area contributed by atoms with Gasteiger partial charge < -0.3 is 15.0 Å². The van der Waals surface area contributed by atoms with Crippen molar-refractivity contribution in [3.63, 3.8) is 0 Å². The number of H-pyrrole nitrogens is 1. The molecule has 1 aliphatic heterocycles.